The van der Waals surface area contributed by atoms with Gasteiger partial charge in [0.05, 0.1) is 16.7 Å². The summed E-state index contributed by atoms with van der Waals surface area (Å²) in [6, 6.07) is 22.1. The van der Waals surface area contributed by atoms with Crippen molar-refractivity contribution in [3.05, 3.63) is 84.4 Å². The molecule has 0 aliphatic heterocycles. The highest BCUT2D eigenvalue weighted by Gasteiger charge is 2.27. The summed E-state index contributed by atoms with van der Waals surface area (Å²) >= 11 is 0. The quantitative estimate of drug-likeness (QED) is 0.557. The number of nitrogens with zero attached hydrogens (tertiary/aromatic N) is 1. The van der Waals surface area contributed by atoms with Crippen LogP contribution in [0, 0.1) is 6.92 Å². The maximum absolute atomic E-state index is 13.3. The Morgan fingerprint density at radius 1 is 0.968 bits per heavy atom. The molecule has 162 valence electrons. The minimum absolute atomic E-state index is 0.000763. The number of hydrogen-bond donors (Lipinski definition) is 1. The summed E-state index contributed by atoms with van der Waals surface area (Å²) in [6.07, 6.45) is -0.000763. The van der Waals surface area contributed by atoms with Crippen LogP contribution in [0.4, 0.5) is 11.4 Å². The second-order valence-electron chi connectivity index (χ2n) is 7.40. The van der Waals surface area contributed by atoms with E-state index in [1.165, 1.54) is 0 Å². The van der Waals surface area contributed by atoms with Crippen LogP contribution in [0.5, 0.6) is 5.75 Å². The first-order chi connectivity index (χ1) is 14.8. The number of rotatable bonds is 8. The third kappa shape index (κ3) is 5.86. The van der Waals surface area contributed by atoms with Gasteiger partial charge in [0.15, 0.2) is 0 Å². The molecule has 0 fully saturated rings. The number of hydrogen-bond acceptors (Lipinski definition) is 4. The minimum atomic E-state index is -3.93. The topological polar surface area (TPSA) is 75.7 Å². The average Bonchev–Trinajstić information content (AvgIpc) is 2.72. The van der Waals surface area contributed by atoms with E-state index in [1.54, 1.807) is 78.9 Å². The zero-order valence-corrected chi connectivity index (χ0v) is 18.6. The fourth-order valence-electron chi connectivity index (χ4n) is 3.00. The van der Waals surface area contributed by atoms with Crippen LogP contribution < -0.4 is 14.4 Å². The van der Waals surface area contributed by atoms with Crippen molar-refractivity contribution in [3.63, 3.8) is 0 Å². The summed E-state index contributed by atoms with van der Waals surface area (Å²) < 4.78 is 33.4. The van der Waals surface area contributed by atoms with Crippen molar-refractivity contribution in [2.75, 3.05) is 16.2 Å². The van der Waals surface area contributed by atoms with Crippen molar-refractivity contribution in [2.45, 2.75) is 31.8 Å². The summed E-state index contributed by atoms with van der Waals surface area (Å²) in [7, 11) is -3.93. The van der Waals surface area contributed by atoms with Crippen LogP contribution in [-0.4, -0.2) is 27.0 Å². The average molecular weight is 439 g/mol. The predicted molar refractivity (Wildman–Crippen MR) is 123 cm³/mol. The molecule has 1 N–H and O–H groups in total. The SMILES string of the molecule is Cc1ccc(S(=O)(=O)N(CC(=O)Nc2cccc(OC(C)C)c2)c2ccccc2)cc1. The molecule has 31 heavy (non-hydrogen) atoms. The largest absolute Gasteiger partial charge is 0.491 e. The van der Waals surface area contributed by atoms with E-state index >= 15 is 0 Å². The second kappa shape index (κ2) is 9.66. The second-order valence-corrected chi connectivity index (χ2v) is 9.27. The summed E-state index contributed by atoms with van der Waals surface area (Å²) in [4.78, 5) is 12.9. The van der Waals surface area contributed by atoms with E-state index in [1.807, 2.05) is 20.8 Å². The summed E-state index contributed by atoms with van der Waals surface area (Å²) in [5, 5.41) is 2.76. The molecule has 7 heteroatoms. The maximum atomic E-state index is 13.3. The van der Waals surface area contributed by atoms with Crippen LogP contribution in [-0.2, 0) is 14.8 Å². The number of carbonyl (C=O) groups is 1. The van der Waals surface area contributed by atoms with Gasteiger partial charge in [0.25, 0.3) is 10.0 Å². The van der Waals surface area contributed by atoms with E-state index in [4.69, 9.17) is 4.74 Å². The number of para-hydroxylation sites is 1. The van der Waals surface area contributed by atoms with Gasteiger partial charge in [0.1, 0.15) is 12.3 Å². The Hall–Kier alpha value is -3.32. The fraction of sp³-hybridized carbons (Fsp3) is 0.208. The van der Waals surface area contributed by atoms with E-state index in [0.29, 0.717) is 17.1 Å². The molecule has 3 rings (SSSR count). The van der Waals surface area contributed by atoms with Gasteiger partial charge in [-0.1, -0.05) is 42.0 Å². The van der Waals surface area contributed by atoms with E-state index in [0.717, 1.165) is 9.87 Å². The molecule has 0 aliphatic carbocycles. The van der Waals surface area contributed by atoms with Gasteiger partial charge >= 0.3 is 0 Å². The number of nitrogens with one attached hydrogen (secondary N) is 1. The summed E-state index contributed by atoms with van der Waals surface area (Å²) in [6.45, 7) is 5.35. The van der Waals surface area contributed by atoms with Gasteiger partial charge in [-0.3, -0.25) is 9.10 Å². The number of aryl methyl sites for hydroxylation is 1. The Balaban J connectivity index is 1.86. The lowest BCUT2D eigenvalue weighted by atomic mass is 10.2. The molecule has 0 atom stereocenters. The molecule has 1 amide bonds. The number of benzene rings is 3. The lowest BCUT2D eigenvalue weighted by Crippen LogP contribution is -2.38. The van der Waals surface area contributed by atoms with Crippen LogP contribution >= 0.6 is 0 Å². The molecule has 3 aromatic carbocycles. The molecule has 0 unspecified atom stereocenters. The van der Waals surface area contributed by atoms with Gasteiger partial charge in [-0.05, 0) is 57.2 Å². The zero-order chi connectivity index (χ0) is 22.4. The third-order valence-electron chi connectivity index (χ3n) is 4.43. The molecule has 0 bridgehead atoms. The minimum Gasteiger partial charge on any atom is -0.491 e. The molecule has 0 spiro atoms. The third-order valence-corrected chi connectivity index (χ3v) is 6.22. The van der Waals surface area contributed by atoms with Crippen LogP contribution in [0.25, 0.3) is 0 Å². The Morgan fingerprint density at radius 3 is 2.29 bits per heavy atom. The molecular formula is C24H26N2O4S. The normalized spacial score (nSPS) is 11.2. The Bertz CT molecular complexity index is 1130. The first-order valence-corrected chi connectivity index (χ1v) is 11.4. The molecular weight excluding hydrogens is 412 g/mol. The van der Waals surface area contributed by atoms with E-state index in [9.17, 15) is 13.2 Å². The zero-order valence-electron chi connectivity index (χ0n) is 17.8. The van der Waals surface area contributed by atoms with E-state index < -0.39 is 15.9 Å². The number of amides is 1. The van der Waals surface area contributed by atoms with Crippen LogP contribution in [0.2, 0.25) is 0 Å². The lowest BCUT2D eigenvalue weighted by molar-refractivity contribution is -0.114. The van der Waals surface area contributed by atoms with Crippen molar-refractivity contribution in [1.29, 1.82) is 0 Å². The van der Waals surface area contributed by atoms with Crippen LogP contribution in [0.15, 0.2) is 83.8 Å². The molecule has 0 saturated carbocycles. The van der Waals surface area contributed by atoms with E-state index in [-0.39, 0.29) is 17.5 Å². The number of carbonyl (C=O) groups excluding carboxylic acids is 1. The molecule has 0 radical (unpaired) electrons. The smallest absolute Gasteiger partial charge is 0.264 e. The Kier molecular flexibility index (Phi) is 6.97. The summed E-state index contributed by atoms with van der Waals surface area (Å²) in [5.41, 5.74) is 1.89. The Morgan fingerprint density at radius 2 is 1.65 bits per heavy atom. The standard InChI is InChI=1S/C24H26N2O4S/c1-18(2)30-22-11-7-8-20(16-22)25-24(27)17-26(21-9-5-4-6-10-21)31(28,29)23-14-12-19(3)13-15-23/h4-16,18H,17H2,1-3H3,(H,25,27). The van der Waals surface area contributed by atoms with Crippen LogP contribution in [0.3, 0.4) is 0 Å². The molecule has 0 aromatic heterocycles. The maximum Gasteiger partial charge on any atom is 0.264 e. The van der Waals surface area contributed by atoms with Gasteiger partial charge in [-0.2, -0.15) is 0 Å². The van der Waals surface area contributed by atoms with Crippen molar-refractivity contribution in [2.24, 2.45) is 0 Å². The van der Waals surface area contributed by atoms with Gasteiger partial charge < -0.3 is 10.1 Å². The molecule has 0 saturated heterocycles. The number of sulfonamides is 1. The highest BCUT2D eigenvalue weighted by atomic mass is 32.2. The van der Waals surface area contributed by atoms with E-state index in [2.05, 4.69) is 5.32 Å². The number of anilines is 2. The van der Waals surface area contributed by atoms with Gasteiger partial charge in [0, 0.05) is 11.8 Å². The molecule has 6 nitrogen and oxygen atoms in total. The Labute approximate surface area is 183 Å². The highest BCUT2D eigenvalue weighted by molar-refractivity contribution is 7.92. The summed E-state index contributed by atoms with van der Waals surface area (Å²) in [5.74, 6) is 0.168. The molecule has 3 aromatic rings. The number of ether oxygens (including phenoxy) is 1. The first-order valence-electron chi connectivity index (χ1n) is 9.97. The lowest BCUT2D eigenvalue weighted by Gasteiger charge is -2.24. The fourth-order valence-corrected chi connectivity index (χ4v) is 4.42. The van der Waals surface area contributed by atoms with Gasteiger partial charge in [0.2, 0.25) is 5.91 Å². The monoisotopic (exact) mass is 438 g/mol. The molecule has 0 aliphatic rings. The van der Waals surface area contributed by atoms with Crippen molar-refractivity contribution in [1.82, 2.24) is 0 Å². The predicted octanol–water partition coefficient (Wildman–Crippen LogP) is 4.62. The van der Waals surface area contributed by atoms with Crippen molar-refractivity contribution in [3.8, 4) is 5.75 Å². The van der Waals surface area contributed by atoms with Crippen LogP contribution in [0.1, 0.15) is 19.4 Å². The van der Waals surface area contributed by atoms with Crippen molar-refractivity contribution < 1.29 is 17.9 Å². The van der Waals surface area contributed by atoms with Gasteiger partial charge in [-0.25, -0.2) is 8.42 Å². The van der Waals surface area contributed by atoms with Gasteiger partial charge in [-0.15, -0.1) is 0 Å². The van der Waals surface area contributed by atoms with Crippen molar-refractivity contribution >= 4 is 27.3 Å². The highest BCUT2D eigenvalue weighted by Crippen LogP contribution is 2.24. The first kappa shape index (κ1) is 22.4. The molecule has 0 heterocycles.